The maximum atomic E-state index is 13.1. The van der Waals surface area contributed by atoms with Gasteiger partial charge in [-0.1, -0.05) is 32.9 Å². The van der Waals surface area contributed by atoms with E-state index in [9.17, 15) is 17.6 Å². The summed E-state index contributed by atoms with van der Waals surface area (Å²) in [6, 6.07) is 6.84. The molecule has 0 bridgehead atoms. The van der Waals surface area contributed by atoms with E-state index in [1.807, 2.05) is 20.8 Å². The summed E-state index contributed by atoms with van der Waals surface area (Å²) in [5.41, 5.74) is -0.270. The zero-order chi connectivity index (χ0) is 17.3. The van der Waals surface area contributed by atoms with Crippen molar-refractivity contribution < 1.29 is 17.6 Å². The minimum absolute atomic E-state index is 0.120. The van der Waals surface area contributed by atoms with Gasteiger partial charge in [0.15, 0.2) is 5.69 Å². The quantitative estimate of drug-likeness (QED) is 0.844. The molecule has 1 aromatic carbocycles. The van der Waals surface area contributed by atoms with Crippen molar-refractivity contribution in [1.82, 2.24) is 15.1 Å². The molecule has 3 nitrogen and oxygen atoms in total. The second kappa shape index (κ2) is 6.31. The lowest BCUT2D eigenvalue weighted by Gasteiger charge is -2.32. The molecule has 2 aromatic rings. The summed E-state index contributed by atoms with van der Waals surface area (Å²) < 4.78 is 52.0. The second-order valence-corrected chi connectivity index (χ2v) is 6.45. The summed E-state index contributed by atoms with van der Waals surface area (Å²) in [5.74, 6) is -0.330. The number of aromatic nitrogens is 2. The first kappa shape index (κ1) is 17.5. The largest absolute Gasteiger partial charge is 0.435 e. The molecule has 0 radical (unpaired) electrons. The van der Waals surface area contributed by atoms with Gasteiger partial charge >= 0.3 is 6.18 Å². The van der Waals surface area contributed by atoms with E-state index in [4.69, 9.17) is 0 Å². The van der Waals surface area contributed by atoms with Gasteiger partial charge < -0.3 is 0 Å². The van der Waals surface area contributed by atoms with Crippen molar-refractivity contribution in [2.45, 2.75) is 39.7 Å². The molecular weight excluding hydrogens is 310 g/mol. The molecule has 126 valence electrons. The number of hydrogen-bond acceptors (Lipinski definition) is 2. The third-order valence-corrected chi connectivity index (χ3v) is 3.46. The van der Waals surface area contributed by atoms with Crippen LogP contribution in [0.15, 0.2) is 36.5 Å². The van der Waals surface area contributed by atoms with Gasteiger partial charge in [-0.15, -0.1) is 0 Å². The molecule has 1 N–H and O–H groups in total. The fourth-order valence-electron chi connectivity index (χ4n) is 2.37. The molecule has 1 aromatic heterocycles. The second-order valence-electron chi connectivity index (χ2n) is 6.45. The molecule has 7 heteroatoms. The first-order chi connectivity index (χ1) is 10.6. The Hall–Kier alpha value is -1.89. The smallest absolute Gasteiger partial charge is 0.291 e. The zero-order valence-corrected chi connectivity index (χ0v) is 13.2. The van der Waals surface area contributed by atoms with Crippen molar-refractivity contribution in [2.24, 2.45) is 5.41 Å². The van der Waals surface area contributed by atoms with E-state index in [2.05, 4.69) is 10.4 Å². The first-order valence-electron chi connectivity index (χ1n) is 7.17. The predicted molar refractivity (Wildman–Crippen MR) is 79.0 cm³/mol. The average molecular weight is 329 g/mol. The summed E-state index contributed by atoms with van der Waals surface area (Å²) in [7, 11) is 0. The molecule has 1 heterocycles. The number of benzene rings is 1. The van der Waals surface area contributed by atoms with Crippen LogP contribution < -0.4 is 5.32 Å². The van der Waals surface area contributed by atoms with Gasteiger partial charge in [0.25, 0.3) is 0 Å². The van der Waals surface area contributed by atoms with Crippen LogP contribution in [-0.4, -0.2) is 9.78 Å². The minimum atomic E-state index is -4.45. The van der Waals surface area contributed by atoms with Crippen molar-refractivity contribution in [2.75, 3.05) is 0 Å². The van der Waals surface area contributed by atoms with E-state index < -0.39 is 11.9 Å². The Morgan fingerprint density at radius 3 is 2.17 bits per heavy atom. The summed E-state index contributed by atoms with van der Waals surface area (Å²) >= 11 is 0. The highest BCUT2D eigenvalue weighted by Crippen LogP contribution is 2.33. The SMILES string of the molecule is CC(C)(C)C(NCn1ccc(C(F)(F)F)n1)c1ccc(F)cc1. The van der Waals surface area contributed by atoms with Crippen molar-refractivity contribution >= 4 is 0 Å². The average Bonchev–Trinajstić information content (AvgIpc) is 2.88. The van der Waals surface area contributed by atoms with E-state index >= 15 is 0 Å². The standard InChI is InChI=1S/C16H19F4N3/c1-15(2,3)14(11-4-6-12(17)7-5-11)21-10-23-9-8-13(22-23)16(18,19)20/h4-9,14,21H,10H2,1-3H3. The normalized spacial score (nSPS) is 14.0. The number of halogens is 4. The van der Waals surface area contributed by atoms with Crippen LogP contribution in [0, 0.1) is 11.2 Å². The minimum Gasteiger partial charge on any atom is -0.291 e. The molecule has 0 aliphatic heterocycles. The van der Waals surface area contributed by atoms with E-state index in [0.29, 0.717) is 0 Å². The van der Waals surface area contributed by atoms with Crippen LogP contribution in [0.4, 0.5) is 17.6 Å². The first-order valence-corrected chi connectivity index (χ1v) is 7.17. The Morgan fingerprint density at radius 1 is 1.09 bits per heavy atom. The number of hydrogen-bond donors (Lipinski definition) is 1. The molecule has 0 fully saturated rings. The van der Waals surface area contributed by atoms with Gasteiger partial charge in [-0.2, -0.15) is 18.3 Å². The molecule has 0 spiro atoms. The van der Waals surface area contributed by atoms with Crippen LogP contribution in [0.2, 0.25) is 0 Å². The molecule has 0 aliphatic carbocycles. The topological polar surface area (TPSA) is 29.9 Å². The van der Waals surface area contributed by atoms with Crippen molar-refractivity contribution in [3.8, 4) is 0 Å². The molecule has 23 heavy (non-hydrogen) atoms. The Bertz CT molecular complexity index is 639. The van der Waals surface area contributed by atoms with Crippen molar-refractivity contribution in [1.29, 1.82) is 0 Å². The molecule has 0 amide bonds. The molecule has 0 aliphatic rings. The predicted octanol–water partition coefficient (Wildman–Crippen LogP) is 4.38. The molecule has 0 saturated carbocycles. The maximum absolute atomic E-state index is 13.1. The fourth-order valence-corrected chi connectivity index (χ4v) is 2.37. The maximum Gasteiger partial charge on any atom is 0.435 e. The van der Waals surface area contributed by atoms with E-state index in [1.165, 1.54) is 23.0 Å². The Morgan fingerprint density at radius 2 is 1.70 bits per heavy atom. The van der Waals surface area contributed by atoms with Crippen LogP contribution >= 0.6 is 0 Å². The molecule has 2 rings (SSSR count). The fraction of sp³-hybridized carbons (Fsp3) is 0.438. The molecule has 0 saturated heterocycles. The van der Waals surface area contributed by atoms with Crippen LogP contribution in [0.5, 0.6) is 0 Å². The third kappa shape index (κ3) is 4.54. The highest BCUT2D eigenvalue weighted by atomic mass is 19.4. The zero-order valence-electron chi connectivity index (χ0n) is 13.2. The van der Waals surface area contributed by atoms with E-state index in [0.717, 1.165) is 11.6 Å². The highest BCUT2D eigenvalue weighted by molar-refractivity contribution is 5.21. The number of nitrogens with zero attached hydrogens (tertiary/aromatic N) is 2. The van der Waals surface area contributed by atoms with Crippen LogP contribution in [-0.2, 0) is 12.8 Å². The molecule has 1 atom stereocenters. The molecule has 1 unspecified atom stereocenters. The Kier molecular flexibility index (Phi) is 4.79. The van der Waals surface area contributed by atoms with E-state index in [-0.39, 0.29) is 23.9 Å². The molecular formula is C16H19F4N3. The lowest BCUT2D eigenvalue weighted by atomic mass is 9.82. The number of alkyl halides is 3. The van der Waals surface area contributed by atoms with Gasteiger partial charge in [0.2, 0.25) is 0 Å². The summed E-state index contributed by atoms with van der Waals surface area (Å²) in [4.78, 5) is 0. The van der Waals surface area contributed by atoms with Crippen LogP contribution in [0.25, 0.3) is 0 Å². The number of nitrogens with one attached hydrogen (secondary N) is 1. The lowest BCUT2D eigenvalue weighted by Crippen LogP contribution is -2.34. The van der Waals surface area contributed by atoms with Gasteiger partial charge in [0.1, 0.15) is 5.82 Å². The number of rotatable bonds is 4. The van der Waals surface area contributed by atoms with Gasteiger partial charge in [-0.05, 0) is 29.2 Å². The van der Waals surface area contributed by atoms with Crippen LogP contribution in [0.3, 0.4) is 0 Å². The summed E-state index contributed by atoms with van der Waals surface area (Å²) in [5, 5.41) is 6.70. The van der Waals surface area contributed by atoms with Gasteiger partial charge in [-0.3, -0.25) is 10.00 Å². The van der Waals surface area contributed by atoms with Gasteiger partial charge in [-0.25, -0.2) is 4.39 Å². The van der Waals surface area contributed by atoms with Gasteiger partial charge in [0, 0.05) is 12.2 Å². The van der Waals surface area contributed by atoms with Crippen LogP contribution in [0.1, 0.15) is 38.1 Å². The van der Waals surface area contributed by atoms with Crippen molar-refractivity contribution in [3.63, 3.8) is 0 Å². The lowest BCUT2D eigenvalue weighted by molar-refractivity contribution is -0.141. The monoisotopic (exact) mass is 329 g/mol. The van der Waals surface area contributed by atoms with E-state index in [1.54, 1.807) is 12.1 Å². The summed E-state index contributed by atoms with van der Waals surface area (Å²) in [6.45, 7) is 6.12. The Balaban J connectivity index is 2.13. The Labute approximate surface area is 132 Å². The van der Waals surface area contributed by atoms with Gasteiger partial charge in [0.05, 0.1) is 6.67 Å². The summed E-state index contributed by atoms with van der Waals surface area (Å²) in [6.07, 6.45) is -3.17. The highest BCUT2D eigenvalue weighted by Gasteiger charge is 2.33. The third-order valence-electron chi connectivity index (χ3n) is 3.46. The van der Waals surface area contributed by atoms with Crippen molar-refractivity contribution in [3.05, 3.63) is 53.6 Å².